The SMILES string of the molecule is COc1cccc(Sc2nc(Cc3ccccc3)c(C)c(=O)[nH]2)c1. The fourth-order valence-electron chi connectivity index (χ4n) is 2.34. The third-order valence-electron chi connectivity index (χ3n) is 3.70. The normalized spacial score (nSPS) is 10.6. The highest BCUT2D eigenvalue weighted by Crippen LogP contribution is 2.27. The van der Waals surface area contributed by atoms with Crippen LogP contribution in [-0.2, 0) is 6.42 Å². The van der Waals surface area contributed by atoms with Gasteiger partial charge < -0.3 is 9.72 Å². The van der Waals surface area contributed by atoms with Gasteiger partial charge in [0.2, 0.25) is 0 Å². The highest BCUT2D eigenvalue weighted by Gasteiger charge is 2.10. The average molecular weight is 338 g/mol. The van der Waals surface area contributed by atoms with Crippen molar-refractivity contribution < 1.29 is 4.74 Å². The highest BCUT2D eigenvalue weighted by molar-refractivity contribution is 7.99. The molecular formula is C19H18N2O2S. The highest BCUT2D eigenvalue weighted by atomic mass is 32.2. The number of H-pyrrole nitrogens is 1. The number of hydrogen-bond acceptors (Lipinski definition) is 4. The van der Waals surface area contributed by atoms with Gasteiger partial charge in [0.05, 0.1) is 12.8 Å². The molecule has 0 aliphatic heterocycles. The van der Waals surface area contributed by atoms with Gasteiger partial charge in [0.25, 0.3) is 5.56 Å². The van der Waals surface area contributed by atoms with E-state index in [1.54, 1.807) is 7.11 Å². The predicted octanol–water partition coefficient (Wildman–Crippen LogP) is 3.83. The fraction of sp³-hybridized carbons (Fsp3) is 0.158. The summed E-state index contributed by atoms with van der Waals surface area (Å²) < 4.78 is 5.23. The van der Waals surface area contributed by atoms with Crippen molar-refractivity contribution in [3.8, 4) is 5.75 Å². The maximum Gasteiger partial charge on any atom is 0.254 e. The van der Waals surface area contributed by atoms with Crippen LogP contribution in [0.15, 0.2) is 69.4 Å². The quantitative estimate of drug-likeness (QED) is 0.718. The Labute approximate surface area is 144 Å². The van der Waals surface area contributed by atoms with Crippen LogP contribution >= 0.6 is 11.8 Å². The molecule has 0 bridgehead atoms. The maximum atomic E-state index is 12.2. The Bertz CT molecular complexity index is 891. The molecule has 0 aliphatic carbocycles. The zero-order chi connectivity index (χ0) is 16.9. The fourth-order valence-corrected chi connectivity index (χ4v) is 3.19. The number of nitrogens with one attached hydrogen (secondary N) is 1. The van der Waals surface area contributed by atoms with Crippen LogP contribution in [0.4, 0.5) is 0 Å². The molecule has 1 aromatic heterocycles. The minimum absolute atomic E-state index is 0.0960. The minimum Gasteiger partial charge on any atom is -0.497 e. The molecule has 0 amide bonds. The zero-order valence-corrected chi connectivity index (χ0v) is 14.4. The molecule has 0 radical (unpaired) electrons. The first kappa shape index (κ1) is 16.3. The Kier molecular flexibility index (Phi) is 5.01. The van der Waals surface area contributed by atoms with Crippen molar-refractivity contribution in [2.24, 2.45) is 0 Å². The van der Waals surface area contributed by atoms with E-state index in [1.807, 2.05) is 61.5 Å². The Morgan fingerprint density at radius 2 is 1.92 bits per heavy atom. The number of hydrogen-bond donors (Lipinski definition) is 1. The molecule has 122 valence electrons. The third-order valence-corrected chi connectivity index (χ3v) is 4.58. The van der Waals surface area contributed by atoms with E-state index in [0.717, 1.165) is 21.9 Å². The second-order valence-electron chi connectivity index (χ2n) is 5.39. The van der Waals surface area contributed by atoms with Crippen LogP contribution in [0.25, 0.3) is 0 Å². The van der Waals surface area contributed by atoms with Crippen LogP contribution in [-0.4, -0.2) is 17.1 Å². The van der Waals surface area contributed by atoms with Gasteiger partial charge in [-0.15, -0.1) is 0 Å². The molecule has 1 N–H and O–H groups in total. The number of aromatic amines is 1. The first-order chi connectivity index (χ1) is 11.7. The smallest absolute Gasteiger partial charge is 0.254 e. The number of benzene rings is 2. The van der Waals surface area contributed by atoms with Crippen molar-refractivity contribution >= 4 is 11.8 Å². The molecule has 2 aromatic carbocycles. The molecule has 4 nitrogen and oxygen atoms in total. The van der Waals surface area contributed by atoms with Gasteiger partial charge in [0.15, 0.2) is 5.16 Å². The summed E-state index contributed by atoms with van der Waals surface area (Å²) in [6.07, 6.45) is 0.641. The van der Waals surface area contributed by atoms with Gasteiger partial charge in [0, 0.05) is 16.9 Å². The summed E-state index contributed by atoms with van der Waals surface area (Å²) in [5, 5.41) is 0.588. The molecule has 3 aromatic rings. The van der Waals surface area contributed by atoms with E-state index in [1.165, 1.54) is 11.8 Å². The van der Waals surface area contributed by atoms with E-state index in [2.05, 4.69) is 9.97 Å². The van der Waals surface area contributed by atoms with E-state index in [4.69, 9.17) is 4.74 Å². The molecule has 0 saturated carbocycles. The van der Waals surface area contributed by atoms with Crippen molar-refractivity contribution in [2.45, 2.75) is 23.4 Å². The molecule has 0 fully saturated rings. The number of ether oxygens (including phenoxy) is 1. The molecule has 3 rings (SSSR count). The lowest BCUT2D eigenvalue weighted by atomic mass is 10.1. The predicted molar refractivity (Wildman–Crippen MR) is 96.0 cm³/mol. The summed E-state index contributed by atoms with van der Waals surface area (Å²) in [5.41, 5.74) is 2.50. The number of nitrogens with zero attached hydrogens (tertiary/aromatic N) is 1. The number of aromatic nitrogens is 2. The van der Waals surface area contributed by atoms with Gasteiger partial charge >= 0.3 is 0 Å². The molecule has 0 atom stereocenters. The van der Waals surface area contributed by atoms with Gasteiger partial charge in [-0.3, -0.25) is 4.79 Å². The van der Waals surface area contributed by atoms with Crippen LogP contribution in [0.1, 0.15) is 16.8 Å². The van der Waals surface area contributed by atoms with Crippen molar-refractivity contribution in [1.29, 1.82) is 0 Å². The minimum atomic E-state index is -0.0960. The maximum absolute atomic E-state index is 12.2. The van der Waals surface area contributed by atoms with Gasteiger partial charge in [-0.1, -0.05) is 48.2 Å². The zero-order valence-electron chi connectivity index (χ0n) is 13.6. The molecular weight excluding hydrogens is 320 g/mol. The Balaban J connectivity index is 1.90. The topological polar surface area (TPSA) is 55.0 Å². The van der Waals surface area contributed by atoms with E-state index in [-0.39, 0.29) is 5.56 Å². The van der Waals surface area contributed by atoms with E-state index in [9.17, 15) is 4.79 Å². The Hall–Kier alpha value is -2.53. The Morgan fingerprint density at radius 1 is 1.12 bits per heavy atom. The molecule has 1 heterocycles. The van der Waals surface area contributed by atoms with Crippen LogP contribution in [0.5, 0.6) is 5.75 Å². The summed E-state index contributed by atoms with van der Waals surface area (Å²) >= 11 is 1.42. The van der Waals surface area contributed by atoms with Crippen LogP contribution in [0.3, 0.4) is 0 Å². The van der Waals surface area contributed by atoms with E-state index < -0.39 is 0 Å². The van der Waals surface area contributed by atoms with Crippen LogP contribution < -0.4 is 10.3 Å². The monoisotopic (exact) mass is 338 g/mol. The first-order valence-corrected chi connectivity index (χ1v) is 8.43. The largest absolute Gasteiger partial charge is 0.497 e. The molecule has 24 heavy (non-hydrogen) atoms. The van der Waals surface area contributed by atoms with Crippen LogP contribution in [0, 0.1) is 6.92 Å². The summed E-state index contributed by atoms with van der Waals surface area (Å²) in [4.78, 5) is 20.7. The molecule has 5 heteroatoms. The van der Waals surface area contributed by atoms with Crippen LogP contribution in [0.2, 0.25) is 0 Å². The van der Waals surface area contributed by atoms with E-state index in [0.29, 0.717) is 17.1 Å². The summed E-state index contributed by atoms with van der Waals surface area (Å²) in [7, 11) is 1.63. The van der Waals surface area contributed by atoms with Crippen molar-refractivity contribution in [1.82, 2.24) is 9.97 Å². The van der Waals surface area contributed by atoms with Gasteiger partial charge in [0.1, 0.15) is 5.75 Å². The van der Waals surface area contributed by atoms with Crippen molar-refractivity contribution in [2.75, 3.05) is 7.11 Å². The first-order valence-electron chi connectivity index (χ1n) is 7.61. The number of methoxy groups -OCH3 is 1. The Morgan fingerprint density at radius 3 is 2.67 bits per heavy atom. The molecule has 0 unspecified atom stereocenters. The molecule has 0 saturated heterocycles. The van der Waals surface area contributed by atoms with Crippen molar-refractivity contribution in [3.05, 3.63) is 81.8 Å². The van der Waals surface area contributed by atoms with Gasteiger partial charge in [-0.05, 0) is 30.7 Å². The summed E-state index contributed by atoms with van der Waals surface area (Å²) in [5.74, 6) is 0.777. The molecule has 0 spiro atoms. The van der Waals surface area contributed by atoms with Gasteiger partial charge in [-0.25, -0.2) is 4.98 Å². The lowest BCUT2D eigenvalue weighted by molar-refractivity contribution is 0.413. The molecule has 0 aliphatic rings. The summed E-state index contributed by atoms with van der Waals surface area (Å²) in [6.45, 7) is 1.81. The average Bonchev–Trinajstić information content (AvgIpc) is 2.60. The third kappa shape index (κ3) is 3.86. The number of rotatable bonds is 5. The second kappa shape index (κ2) is 7.36. The second-order valence-corrected chi connectivity index (χ2v) is 6.45. The standard InChI is InChI=1S/C19H18N2O2S/c1-13-17(11-14-7-4-3-5-8-14)20-19(21-18(13)22)24-16-10-6-9-15(12-16)23-2/h3-10,12H,11H2,1-2H3,(H,20,21,22). The van der Waals surface area contributed by atoms with Gasteiger partial charge in [-0.2, -0.15) is 0 Å². The van der Waals surface area contributed by atoms with Crippen molar-refractivity contribution in [3.63, 3.8) is 0 Å². The summed E-state index contributed by atoms with van der Waals surface area (Å²) in [6, 6.07) is 17.7. The lowest BCUT2D eigenvalue weighted by Gasteiger charge is -2.08. The van der Waals surface area contributed by atoms with E-state index >= 15 is 0 Å². The lowest BCUT2D eigenvalue weighted by Crippen LogP contribution is -2.16.